The van der Waals surface area contributed by atoms with Crippen LogP contribution in [-0.2, 0) is 0 Å². The van der Waals surface area contributed by atoms with Gasteiger partial charge >= 0.3 is 0 Å². The van der Waals surface area contributed by atoms with E-state index in [0.29, 0.717) is 5.41 Å². The van der Waals surface area contributed by atoms with Crippen LogP contribution in [0.15, 0.2) is 47.4 Å². The fourth-order valence-electron chi connectivity index (χ4n) is 7.27. The summed E-state index contributed by atoms with van der Waals surface area (Å²) in [5, 5.41) is 3.38. The predicted octanol–water partition coefficient (Wildman–Crippen LogP) is 6.17. The van der Waals surface area contributed by atoms with Crippen molar-refractivity contribution in [2.24, 2.45) is 33.8 Å². The largest absolute Gasteiger partial charge is 0.264 e. The Labute approximate surface area is 162 Å². The summed E-state index contributed by atoms with van der Waals surface area (Å²) >= 11 is 0. The molecule has 5 rings (SSSR count). The highest BCUT2D eigenvalue weighted by Gasteiger charge is 2.56. The van der Waals surface area contributed by atoms with Crippen molar-refractivity contribution in [1.82, 2.24) is 4.98 Å². The summed E-state index contributed by atoms with van der Waals surface area (Å²) in [5.41, 5.74) is 4.97. The second kappa shape index (κ2) is 6.12. The zero-order valence-electron chi connectivity index (χ0n) is 16.5. The molecule has 2 fully saturated rings. The molecule has 0 aliphatic heterocycles. The van der Waals surface area contributed by atoms with Crippen LogP contribution in [0.25, 0.3) is 5.57 Å². The zero-order valence-corrected chi connectivity index (χ0v) is 16.5. The Balaban J connectivity index is 1.46. The Morgan fingerprint density at radius 1 is 1.07 bits per heavy atom. The molecule has 0 bridgehead atoms. The lowest BCUT2D eigenvalue weighted by Crippen LogP contribution is -2.49. The summed E-state index contributed by atoms with van der Waals surface area (Å²) < 4.78 is 0. The van der Waals surface area contributed by atoms with E-state index in [1.807, 2.05) is 12.4 Å². The maximum absolute atomic E-state index is 11.1. The molecule has 1 aromatic heterocycles. The normalized spacial score (nSPS) is 43.0. The number of fused-ring (bicyclic) bond motifs is 5. The van der Waals surface area contributed by atoms with Crippen LogP contribution in [0.4, 0.5) is 0 Å². The lowest BCUT2D eigenvalue weighted by Gasteiger charge is -2.57. The fourth-order valence-corrected chi connectivity index (χ4v) is 7.27. The van der Waals surface area contributed by atoms with Crippen molar-refractivity contribution in [3.05, 3.63) is 52.7 Å². The second-order valence-corrected chi connectivity index (χ2v) is 9.81. The molecule has 4 aliphatic rings. The molecular weight excluding hydrogens is 332 g/mol. The monoisotopic (exact) mass is 362 g/mol. The number of allylic oxidation sites excluding steroid dienone is 3. The van der Waals surface area contributed by atoms with Gasteiger partial charge in [0.15, 0.2) is 0 Å². The molecule has 142 valence electrons. The van der Waals surface area contributed by atoms with Crippen molar-refractivity contribution in [1.29, 1.82) is 0 Å². The molecule has 0 radical (unpaired) electrons. The van der Waals surface area contributed by atoms with E-state index in [9.17, 15) is 4.91 Å². The number of nitrogens with zero attached hydrogens (tertiary/aromatic N) is 2. The average Bonchev–Trinajstić information content (AvgIpc) is 3.05. The maximum atomic E-state index is 11.1. The van der Waals surface area contributed by atoms with Gasteiger partial charge in [0.25, 0.3) is 0 Å². The lowest BCUT2D eigenvalue weighted by molar-refractivity contribution is -0.0112. The Hall–Kier alpha value is -1.77. The number of aromatic nitrogens is 1. The summed E-state index contributed by atoms with van der Waals surface area (Å²) in [6.07, 6.45) is 16.9. The molecule has 3 nitrogen and oxygen atoms in total. The van der Waals surface area contributed by atoms with E-state index in [0.717, 1.165) is 37.0 Å². The molecule has 0 amide bonds. The van der Waals surface area contributed by atoms with Crippen LogP contribution in [0, 0.1) is 33.5 Å². The first-order valence-electron chi connectivity index (χ1n) is 10.7. The number of pyridine rings is 1. The zero-order chi connectivity index (χ0) is 18.6. The molecular formula is C24H30N2O. The smallest absolute Gasteiger partial charge is 0.0957 e. The Morgan fingerprint density at radius 3 is 2.70 bits per heavy atom. The second-order valence-electron chi connectivity index (χ2n) is 9.81. The van der Waals surface area contributed by atoms with Gasteiger partial charge in [-0.15, -0.1) is 0 Å². The van der Waals surface area contributed by atoms with Gasteiger partial charge in [-0.05, 0) is 90.7 Å². The topological polar surface area (TPSA) is 42.3 Å². The van der Waals surface area contributed by atoms with Crippen LogP contribution in [0.5, 0.6) is 0 Å². The van der Waals surface area contributed by atoms with Gasteiger partial charge in [0.05, 0.1) is 6.04 Å². The molecule has 0 aromatic carbocycles. The van der Waals surface area contributed by atoms with Gasteiger partial charge in [-0.3, -0.25) is 4.98 Å². The molecule has 3 heteroatoms. The minimum atomic E-state index is 0.0139. The molecule has 6 atom stereocenters. The third kappa shape index (κ3) is 2.43. The van der Waals surface area contributed by atoms with Crippen molar-refractivity contribution < 1.29 is 0 Å². The van der Waals surface area contributed by atoms with Crippen LogP contribution in [0.2, 0.25) is 0 Å². The molecule has 0 saturated heterocycles. The maximum Gasteiger partial charge on any atom is 0.0957 e. The quantitative estimate of drug-likeness (QED) is 0.466. The summed E-state index contributed by atoms with van der Waals surface area (Å²) in [5.74, 6) is 2.27. The van der Waals surface area contributed by atoms with Crippen molar-refractivity contribution in [3.63, 3.8) is 0 Å². The number of rotatable bonds is 2. The Bertz CT molecular complexity index is 813. The lowest BCUT2D eigenvalue weighted by atomic mass is 9.47. The van der Waals surface area contributed by atoms with Crippen molar-refractivity contribution >= 4 is 5.57 Å². The first kappa shape index (κ1) is 17.3. The van der Waals surface area contributed by atoms with Gasteiger partial charge in [0.2, 0.25) is 0 Å². The van der Waals surface area contributed by atoms with Gasteiger partial charge in [-0.25, -0.2) is 0 Å². The fraction of sp³-hybridized carbons (Fsp3) is 0.625. The van der Waals surface area contributed by atoms with E-state index < -0.39 is 0 Å². The van der Waals surface area contributed by atoms with E-state index in [1.54, 1.807) is 5.57 Å². The summed E-state index contributed by atoms with van der Waals surface area (Å²) in [6.45, 7) is 5.00. The van der Waals surface area contributed by atoms with Gasteiger partial charge in [-0.2, -0.15) is 4.91 Å². The molecule has 1 heterocycles. The summed E-state index contributed by atoms with van der Waals surface area (Å²) in [6, 6.07) is 4.31. The van der Waals surface area contributed by atoms with Crippen molar-refractivity contribution in [2.75, 3.05) is 0 Å². The number of hydrogen-bond acceptors (Lipinski definition) is 3. The van der Waals surface area contributed by atoms with Crippen LogP contribution in [-0.4, -0.2) is 11.0 Å². The third-order valence-electron chi connectivity index (χ3n) is 8.78. The Kier molecular flexibility index (Phi) is 3.93. The van der Waals surface area contributed by atoms with Crippen LogP contribution in [0.3, 0.4) is 0 Å². The summed E-state index contributed by atoms with van der Waals surface area (Å²) in [4.78, 5) is 15.5. The highest BCUT2D eigenvalue weighted by Crippen LogP contribution is 2.66. The van der Waals surface area contributed by atoms with Crippen LogP contribution < -0.4 is 0 Å². The average molecular weight is 363 g/mol. The van der Waals surface area contributed by atoms with E-state index in [1.165, 1.54) is 36.8 Å². The van der Waals surface area contributed by atoms with Crippen LogP contribution >= 0.6 is 0 Å². The molecule has 1 aromatic rings. The first-order chi connectivity index (χ1) is 13.1. The molecule has 4 aliphatic carbocycles. The van der Waals surface area contributed by atoms with Gasteiger partial charge in [-0.1, -0.05) is 42.8 Å². The number of hydrogen-bond donors (Lipinski definition) is 0. The van der Waals surface area contributed by atoms with Gasteiger partial charge in [0.1, 0.15) is 0 Å². The van der Waals surface area contributed by atoms with E-state index in [4.69, 9.17) is 0 Å². The van der Waals surface area contributed by atoms with Crippen LogP contribution in [0.1, 0.15) is 64.4 Å². The minimum Gasteiger partial charge on any atom is -0.264 e. The first-order valence-corrected chi connectivity index (χ1v) is 10.7. The van der Waals surface area contributed by atoms with Gasteiger partial charge < -0.3 is 0 Å². The van der Waals surface area contributed by atoms with Crippen molar-refractivity contribution in [3.8, 4) is 0 Å². The standard InChI is InChI=1S/C24H30N2O/c1-23-11-9-18(26-27)14-17(23)5-6-19-21-8-7-20(16-4-3-13-25-15-16)24(21,2)12-10-22(19)23/h3-5,7,13,15,18-19,21-22H,6,8-12,14H2,1-2H3/t18-,19-,21?,22?,23-,24+/m0/s1. The van der Waals surface area contributed by atoms with E-state index in [2.05, 4.69) is 48.3 Å². The van der Waals surface area contributed by atoms with E-state index >= 15 is 0 Å². The highest BCUT2D eigenvalue weighted by molar-refractivity contribution is 5.72. The van der Waals surface area contributed by atoms with Gasteiger partial charge in [0, 0.05) is 12.4 Å². The molecule has 2 unspecified atom stereocenters. The molecule has 27 heavy (non-hydrogen) atoms. The number of nitroso groups, excluding NO2 is 1. The Morgan fingerprint density at radius 2 is 1.93 bits per heavy atom. The minimum absolute atomic E-state index is 0.0139. The SMILES string of the molecule is C[C@]12CC[C@H](N=O)CC1=CC[C@@H]1C2CC[C@]2(C)C(c3cccnc3)=CCC12. The van der Waals surface area contributed by atoms with Crippen molar-refractivity contribution in [2.45, 2.75) is 64.8 Å². The molecule has 2 saturated carbocycles. The molecule has 0 N–H and O–H groups in total. The predicted molar refractivity (Wildman–Crippen MR) is 109 cm³/mol. The highest BCUT2D eigenvalue weighted by atomic mass is 16.3. The van der Waals surface area contributed by atoms with E-state index in [-0.39, 0.29) is 11.5 Å². The summed E-state index contributed by atoms with van der Waals surface area (Å²) in [7, 11) is 0. The third-order valence-corrected chi connectivity index (χ3v) is 8.78. The molecule has 0 spiro atoms.